The molecule has 4 aliphatic carbocycles. The van der Waals surface area contributed by atoms with Crippen LogP contribution in [0.3, 0.4) is 0 Å². The second kappa shape index (κ2) is 10.9. The van der Waals surface area contributed by atoms with Crippen LogP contribution < -0.4 is 16.2 Å². The van der Waals surface area contributed by atoms with Gasteiger partial charge in [0, 0.05) is 13.1 Å². The normalized spacial score (nSPS) is 31.1. The number of hydrogen-bond donors (Lipinski definition) is 3. The number of nitrogens with one attached hydrogen (secondary N) is 3. The van der Waals surface area contributed by atoms with Crippen LogP contribution in [0.1, 0.15) is 72.1 Å². The Morgan fingerprint density at radius 2 is 1.67 bits per heavy atom. The van der Waals surface area contributed by atoms with Crippen LogP contribution in [0.15, 0.2) is 15.2 Å². The molecular formula is C22H38N6S2. The number of hydrazone groups is 2. The van der Waals surface area contributed by atoms with Gasteiger partial charge in [0.15, 0.2) is 10.3 Å². The zero-order valence-electron chi connectivity index (χ0n) is 19.0. The molecule has 4 fully saturated rings. The minimum atomic E-state index is 0.527. The lowest BCUT2D eigenvalue weighted by atomic mass is 9.48. The summed E-state index contributed by atoms with van der Waals surface area (Å²) in [5, 5.41) is 13.7. The SMILES string of the molecule is CCN=C(N/N=C(C)/C(CCC12CC3CC(CC(C3)C1)C2)=N/NC(=S)NCC)SC. The summed E-state index contributed by atoms with van der Waals surface area (Å²) in [5.74, 6) is 2.92. The fourth-order valence-corrected chi connectivity index (χ4v) is 6.69. The predicted octanol–water partition coefficient (Wildman–Crippen LogP) is 4.53. The summed E-state index contributed by atoms with van der Waals surface area (Å²) in [4.78, 5) is 4.42. The monoisotopic (exact) mass is 450 g/mol. The van der Waals surface area contributed by atoms with Crippen molar-refractivity contribution in [2.75, 3.05) is 19.3 Å². The van der Waals surface area contributed by atoms with Gasteiger partial charge in [-0.15, -0.1) is 0 Å². The molecule has 0 radical (unpaired) electrons. The highest BCUT2D eigenvalue weighted by Crippen LogP contribution is 2.61. The number of hydrogen-bond acceptors (Lipinski definition) is 5. The van der Waals surface area contributed by atoms with Crippen molar-refractivity contribution in [3.05, 3.63) is 0 Å². The molecule has 0 aliphatic heterocycles. The average molecular weight is 451 g/mol. The maximum atomic E-state index is 5.31. The molecule has 30 heavy (non-hydrogen) atoms. The minimum Gasteiger partial charge on any atom is -0.362 e. The van der Waals surface area contributed by atoms with E-state index in [-0.39, 0.29) is 0 Å². The van der Waals surface area contributed by atoms with E-state index in [4.69, 9.17) is 12.2 Å². The molecule has 0 aromatic carbocycles. The molecule has 4 saturated carbocycles. The third-order valence-corrected chi connectivity index (χ3v) is 7.76. The Morgan fingerprint density at radius 3 is 2.20 bits per heavy atom. The van der Waals surface area contributed by atoms with Gasteiger partial charge in [-0.3, -0.25) is 15.8 Å². The highest BCUT2D eigenvalue weighted by Gasteiger charge is 2.50. The van der Waals surface area contributed by atoms with Gasteiger partial charge in [-0.2, -0.15) is 10.2 Å². The third kappa shape index (κ3) is 6.19. The summed E-state index contributed by atoms with van der Waals surface area (Å²) in [5.41, 5.74) is 8.52. The number of amidine groups is 1. The molecule has 168 valence electrons. The van der Waals surface area contributed by atoms with Crippen LogP contribution in [-0.4, -0.2) is 41.0 Å². The van der Waals surface area contributed by atoms with Crippen molar-refractivity contribution in [2.45, 2.75) is 72.1 Å². The molecule has 0 heterocycles. The van der Waals surface area contributed by atoms with E-state index in [1.807, 2.05) is 27.0 Å². The molecule has 8 heteroatoms. The lowest BCUT2D eigenvalue weighted by Gasteiger charge is -2.57. The van der Waals surface area contributed by atoms with Gasteiger partial charge in [0.25, 0.3) is 0 Å². The smallest absolute Gasteiger partial charge is 0.186 e. The molecule has 0 amide bonds. The van der Waals surface area contributed by atoms with E-state index in [2.05, 4.69) is 31.4 Å². The number of nitrogens with zero attached hydrogens (tertiary/aromatic N) is 3. The number of rotatable bonds is 8. The summed E-state index contributed by atoms with van der Waals surface area (Å²) < 4.78 is 0. The van der Waals surface area contributed by atoms with E-state index < -0.39 is 0 Å². The van der Waals surface area contributed by atoms with Crippen LogP contribution >= 0.6 is 24.0 Å². The van der Waals surface area contributed by atoms with Crippen molar-refractivity contribution in [3.63, 3.8) is 0 Å². The van der Waals surface area contributed by atoms with Crippen LogP contribution in [0.2, 0.25) is 0 Å². The Labute approximate surface area is 191 Å². The number of aliphatic imine (C=N–C) groups is 1. The van der Waals surface area contributed by atoms with Crippen molar-refractivity contribution in [3.8, 4) is 0 Å². The fourth-order valence-electron chi connectivity index (χ4n) is 6.10. The molecule has 0 saturated heterocycles. The minimum absolute atomic E-state index is 0.527. The molecule has 4 bridgehead atoms. The van der Waals surface area contributed by atoms with Crippen LogP contribution in [-0.2, 0) is 0 Å². The summed E-state index contributed by atoms with van der Waals surface area (Å²) in [7, 11) is 0. The molecular weight excluding hydrogens is 412 g/mol. The first-order valence-electron chi connectivity index (χ1n) is 11.5. The van der Waals surface area contributed by atoms with E-state index in [9.17, 15) is 0 Å². The molecule has 0 spiro atoms. The Balaban J connectivity index is 1.68. The van der Waals surface area contributed by atoms with Crippen LogP contribution in [0, 0.1) is 23.2 Å². The van der Waals surface area contributed by atoms with Crippen molar-refractivity contribution < 1.29 is 0 Å². The van der Waals surface area contributed by atoms with Crippen molar-refractivity contribution in [1.82, 2.24) is 16.2 Å². The van der Waals surface area contributed by atoms with Gasteiger partial charge in [0.1, 0.15) is 0 Å². The fraction of sp³-hybridized carbons (Fsp3) is 0.818. The van der Waals surface area contributed by atoms with Gasteiger partial charge in [-0.25, -0.2) is 0 Å². The number of thioether (sulfide) groups is 1. The van der Waals surface area contributed by atoms with Crippen molar-refractivity contribution in [2.24, 2.45) is 38.4 Å². The van der Waals surface area contributed by atoms with E-state index >= 15 is 0 Å². The molecule has 0 atom stereocenters. The average Bonchev–Trinajstić information content (AvgIpc) is 2.70. The van der Waals surface area contributed by atoms with Crippen LogP contribution in [0.5, 0.6) is 0 Å². The highest BCUT2D eigenvalue weighted by atomic mass is 32.2. The summed E-state index contributed by atoms with van der Waals surface area (Å²) >= 11 is 6.88. The third-order valence-electron chi connectivity index (χ3n) is 6.92. The predicted molar refractivity (Wildman–Crippen MR) is 134 cm³/mol. The highest BCUT2D eigenvalue weighted by molar-refractivity contribution is 8.13. The Bertz CT molecular complexity index is 664. The lowest BCUT2D eigenvalue weighted by molar-refractivity contribution is -0.0560. The first kappa shape index (κ1) is 23.5. The molecule has 6 nitrogen and oxygen atoms in total. The van der Waals surface area contributed by atoms with E-state index in [1.165, 1.54) is 44.9 Å². The maximum absolute atomic E-state index is 5.31. The second-order valence-electron chi connectivity index (χ2n) is 9.24. The van der Waals surface area contributed by atoms with Gasteiger partial charge >= 0.3 is 0 Å². The first-order valence-corrected chi connectivity index (χ1v) is 13.1. The van der Waals surface area contributed by atoms with Gasteiger partial charge in [-0.05, 0) is 114 Å². The lowest BCUT2D eigenvalue weighted by Crippen LogP contribution is -2.46. The largest absolute Gasteiger partial charge is 0.362 e. The Hall–Kier alpha value is -1.15. The molecule has 4 aliphatic rings. The molecule has 4 rings (SSSR count). The summed E-state index contributed by atoms with van der Waals surface area (Å²) in [6.07, 6.45) is 12.9. The van der Waals surface area contributed by atoms with Crippen molar-refractivity contribution in [1.29, 1.82) is 0 Å². The van der Waals surface area contributed by atoms with Gasteiger partial charge in [0.05, 0.1) is 11.4 Å². The Morgan fingerprint density at radius 1 is 1.03 bits per heavy atom. The zero-order chi connectivity index (χ0) is 21.6. The van der Waals surface area contributed by atoms with Crippen LogP contribution in [0.25, 0.3) is 0 Å². The van der Waals surface area contributed by atoms with Crippen molar-refractivity contribution >= 4 is 45.7 Å². The first-order chi connectivity index (χ1) is 14.5. The van der Waals surface area contributed by atoms with Gasteiger partial charge < -0.3 is 5.32 Å². The Kier molecular flexibility index (Phi) is 8.57. The molecule has 0 aromatic heterocycles. The molecule has 0 aromatic rings. The van der Waals surface area contributed by atoms with Crippen LogP contribution in [0.4, 0.5) is 0 Å². The van der Waals surface area contributed by atoms with E-state index in [1.54, 1.807) is 11.8 Å². The summed E-state index contributed by atoms with van der Waals surface area (Å²) in [6, 6.07) is 0. The second-order valence-corrected chi connectivity index (χ2v) is 10.4. The van der Waals surface area contributed by atoms with Gasteiger partial charge in [-0.1, -0.05) is 11.8 Å². The molecule has 3 N–H and O–H groups in total. The maximum Gasteiger partial charge on any atom is 0.186 e. The van der Waals surface area contributed by atoms with E-state index in [0.29, 0.717) is 10.5 Å². The zero-order valence-corrected chi connectivity index (χ0v) is 20.6. The standard InChI is InChI=1S/C22H38N6S2/c1-5-23-20(29)27-26-19(15(3)25-28-21(30-4)24-6-2)7-8-22-12-16-9-17(13-22)11-18(10-16)14-22/h16-18H,5-14H2,1-4H3,(H,24,28)(H2,23,27,29)/b25-15+,26-19+. The topological polar surface area (TPSA) is 73.2 Å². The quantitative estimate of drug-likeness (QED) is 0.219. The molecule has 0 unspecified atom stereocenters. The van der Waals surface area contributed by atoms with Gasteiger partial charge in [0.2, 0.25) is 0 Å². The number of thiocarbonyl (C=S) groups is 1. The summed E-state index contributed by atoms with van der Waals surface area (Å²) in [6.45, 7) is 7.59. The van der Waals surface area contributed by atoms with E-state index in [0.717, 1.165) is 53.9 Å².